The van der Waals surface area contributed by atoms with Gasteiger partial charge in [-0.25, -0.2) is 0 Å². The first kappa shape index (κ1) is 17.5. The number of aromatic nitrogens is 3. The van der Waals surface area contributed by atoms with Crippen molar-refractivity contribution in [3.05, 3.63) is 54.2 Å². The highest BCUT2D eigenvalue weighted by Gasteiger charge is 2.24. The molecule has 4 rings (SSSR count). The minimum Gasteiger partial charge on any atom is -0.768 e. The summed E-state index contributed by atoms with van der Waals surface area (Å²) >= 11 is -2.39. The van der Waals surface area contributed by atoms with E-state index in [1.807, 2.05) is 24.3 Å². The van der Waals surface area contributed by atoms with Gasteiger partial charge in [-0.3, -0.25) is 14.0 Å². The first-order valence-electron chi connectivity index (χ1n) is 8.37. The highest BCUT2D eigenvalue weighted by atomic mass is 32.2. The SMILES string of the molecule is O=C1CCCc2ccccc2N1Cc1nc(-c2cncc(S(=O)[O-])c2)no1. The highest BCUT2D eigenvalue weighted by molar-refractivity contribution is 7.79. The number of amides is 1. The van der Waals surface area contributed by atoms with E-state index in [9.17, 15) is 13.6 Å². The summed E-state index contributed by atoms with van der Waals surface area (Å²) in [5.74, 6) is 0.495. The first-order valence-corrected chi connectivity index (χ1v) is 9.45. The Hall–Kier alpha value is -2.91. The zero-order chi connectivity index (χ0) is 18.8. The Morgan fingerprint density at radius 1 is 1.22 bits per heavy atom. The van der Waals surface area contributed by atoms with Gasteiger partial charge in [0, 0.05) is 35.0 Å². The van der Waals surface area contributed by atoms with E-state index < -0.39 is 11.1 Å². The molecule has 1 aromatic carbocycles. The van der Waals surface area contributed by atoms with Crippen LogP contribution in [0.25, 0.3) is 11.4 Å². The number of aryl methyl sites for hydroxylation is 1. The van der Waals surface area contributed by atoms with Crippen molar-refractivity contribution in [2.24, 2.45) is 0 Å². The fourth-order valence-corrected chi connectivity index (χ4v) is 3.43. The Morgan fingerprint density at radius 3 is 2.93 bits per heavy atom. The molecule has 0 saturated carbocycles. The van der Waals surface area contributed by atoms with Gasteiger partial charge in [0.1, 0.15) is 6.54 Å². The van der Waals surface area contributed by atoms with Gasteiger partial charge >= 0.3 is 0 Å². The van der Waals surface area contributed by atoms with E-state index in [-0.39, 0.29) is 29.1 Å². The van der Waals surface area contributed by atoms with Crippen molar-refractivity contribution in [2.75, 3.05) is 4.90 Å². The maximum atomic E-state index is 12.5. The van der Waals surface area contributed by atoms with E-state index in [1.54, 1.807) is 4.90 Å². The maximum absolute atomic E-state index is 12.5. The number of fused-ring (bicyclic) bond motifs is 1. The van der Waals surface area contributed by atoms with E-state index >= 15 is 0 Å². The van der Waals surface area contributed by atoms with Gasteiger partial charge in [-0.15, -0.1) is 0 Å². The second-order valence-electron chi connectivity index (χ2n) is 6.12. The lowest BCUT2D eigenvalue weighted by Gasteiger charge is -2.21. The number of hydrogen-bond acceptors (Lipinski definition) is 7. The van der Waals surface area contributed by atoms with Crippen molar-refractivity contribution < 1.29 is 18.1 Å². The molecule has 1 amide bonds. The summed E-state index contributed by atoms with van der Waals surface area (Å²) in [4.78, 5) is 22.4. The molecule has 1 atom stereocenters. The number of carbonyl (C=O) groups excluding carboxylic acids is 1. The van der Waals surface area contributed by atoms with Gasteiger partial charge in [0.15, 0.2) is 0 Å². The second kappa shape index (κ2) is 7.37. The van der Waals surface area contributed by atoms with Gasteiger partial charge in [0.05, 0.1) is 0 Å². The fraction of sp³-hybridized carbons (Fsp3) is 0.222. The second-order valence-corrected chi connectivity index (χ2v) is 7.06. The van der Waals surface area contributed by atoms with Crippen molar-refractivity contribution >= 4 is 22.7 Å². The zero-order valence-electron chi connectivity index (χ0n) is 14.2. The third kappa shape index (κ3) is 3.64. The van der Waals surface area contributed by atoms with Crippen LogP contribution in [-0.4, -0.2) is 29.8 Å². The molecule has 2 aromatic heterocycles. The van der Waals surface area contributed by atoms with E-state index in [0.29, 0.717) is 12.0 Å². The molecule has 0 aliphatic carbocycles. The topological polar surface area (TPSA) is 112 Å². The standard InChI is InChI=1S/C18H16N4O4S/c23-17-7-3-5-12-4-1-2-6-15(12)22(17)11-16-20-18(21-26-16)13-8-14(27(24)25)10-19-9-13/h1-2,4,6,8-10H,3,5,7,11H2,(H,24,25)/p-1. The van der Waals surface area contributed by atoms with Crippen LogP contribution in [-0.2, 0) is 28.8 Å². The van der Waals surface area contributed by atoms with Crippen LogP contribution < -0.4 is 4.90 Å². The number of para-hydroxylation sites is 1. The Morgan fingerprint density at radius 2 is 2.07 bits per heavy atom. The molecule has 0 radical (unpaired) electrons. The molecular formula is C18H15N4O4S-. The number of rotatable bonds is 4. The fourth-order valence-electron chi connectivity index (χ4n) is 3.06. The average molecular weight is 383 g/mol. The van der Waals surface area contributed by atoms with Gasteiger partial charge in [-0.2, -0.15) is 4.98 Å². The van der Waals surface area contributed by atoms with Crippen LogP contribution in [0.3, 0.4) is 0 Å². The van der Waals surface area contributed by atoms with Gasteiger partial charge in [0.2, 0.25) is 17.6 Å². The van der Waals surface area contributed by atoms with Crippen LogP contribution in [0.5, 0.6) is 0 Å². The number of anilines is 1. The molecule has 8 nitrogen and oxygen atoms in total. The van der Waals surface area contributed by atoms with Crippen LogP contribution in [0.4, 0.5) is 5.69 Å². The zero-order valence-corrected chi connectivity index (χ0v) is 15.0. The Balaban J connectivity index is 1.62. The number of benzene rings is 1. The molecule has 9 heteroatoms. The molecule has 0 fully saturated rings. The predicted molar refractivity (Wildman–Crippen MR) is 95.3 cm³/mol. The molecule has 0 bridgehead atoms. The first-order chi connectivity index (χ1) is 13.1. The summed E-state index contributed by atoms with van der Waals surface area (Å²) in [6.45, 7) is 0.156. The van der Waals surface area contributed by atoms with Gasteiger partial charge in [-0.05, 0) is 41.6 Å². The van der Waals surface area contributed by atoms with Crippen LogP contribution >= 0.6 is 0 Å². The Labute approximate surface area is 157 Å². The molecular weight excluding hydrogens is 368 g/mol. The summed E-state index contributed by atoms with van der Waals surface area (Å²) in [5, 5.41) is 3.89. The average Bonchev–Trinajstić information content (AvgIpc) is 3.09. The van der Waals surface area contributed by atoms with E-state index in [4.69, 9.17) is 4.52 Å². The number of nitrogens with zero attached hydrogens (tertiary/aromatic N) is 4. The Bertz CT molecular complexity index is 1020. The van der Waals surface area contributed by atoms with E-state index in [2.05, 4.69) is 15.1 Å². The lowest BCUT2D eigenvalue weighted by Crippen LogP contribution is -2.29. The molecule has 0 N–H and O–H groups in total. The van der Waals surface area contributed by atoms with Crippen molar-refractivity contribution in [3.63, 3.8) is 0 Å². The third-order valence-electron chi connectivity index (χ3n) is 4.35. The van der Waals surface area contributed by atoms with Crippen LogP contribution in [0.15, 0.2) is 52.1 Å². The molecule has 1 unspecified atom stereocenters. The predicted octanol–water partition coefficient (Wildman–Crippen LogP) is 2.24. The number of carbonyl (C=O) groups is 1. The van der Waals surface area contributed by atoms with Crippen LogP contribution in [0.1, 0.15) is 24.3 Å². The summed E-state index contributed by atoms with van der Waals surface area (Å²) in [6.07, 6.45) is 4.79. The quantitative estimate of drug-likeness (QED) is 0.635. The minimum absolute atomic E-state index is 0.00474. The molecule has 3 heterocycles. The molecule has 1 aliphatic rings. The van der Waals surface area contributed by atoms with Gasteiger partial charge in [-0.1, -0.05) is 23.4 Å². The smallest absolute Gasteiger partial charge is 0.247 e. The molecule has 0 spiro atoms. The lowest BCUT2D eigenvalue weighted by molar-refractivity contribution is -0.118. The van der Waals surface area contributed by atoms with Crippen molar-refractivity contribution in [1.29, 1.82) is 0 Å². The van der Waals surface area contributed by atoms with Crippen molar-refractivity contribution in [2.45, 2.75) is 30.7 Å². The largest absolute Gasteiger partial charge is 0.768 e. The summed E-state index contributed by atoms with van der Waals surface area (Å²) < 4.78 is 27.5. The molecule has 0 saturated heterocycles. The molecule has 27 heavy (non-hydrogen) atoms. The van der Waals surface area contributed by atoms with Gasteiger partial charge in [0.25, 0.3) is 0 Å². The summed E-state index contributed by atoms with van der Waals surface area (Å²) in [7, 11) is 0. The Kier molecular flexibility index (Phi) is 4.78. The van der Waals surface area contributed by atoms with Crippen molar-refractivity contribution in [1.82, 2.24) is 15.1 Å². The normalized spacial score (nSPS) is 15.3. The maximum Gasteiger partial charge on any atom is 0.247 e. The minimum atomic E-state index is -2.39. The third-order valence-corrected chi connectivity index (χ3v) is 4.95. The lowest BCUT2D eigenvalue weighted by atomic mass is 10.1. The molecule has 1 aliphatic heterocycles. The molecule has 138 valence electrons. The van der Waals surface area contributed by atoms with Gasteiger partial charge < -0.3 is 14.0 Å². The summed E-state index contributed by atoms with van der Waals surface area (Å²) in [6, 6.07) is 9.19. The monoisotopic (exact) mass is 383 g/mol. The molecule has 3 aromatic rings. The van der Waals surface area contributed by atoms with Crippen LogP contribution in [0, 0.1) is 0 Å². The number of pyridine rings is 1. The van der Waals surface area contributed by atoms with E-state index in [0.717, 1.165) is 24.1 Å². The van der Waals surface area contributed by atoms with Crippen molar-refractivity contribution in [3.8, 4) is 11.4 Å². The summed E-state index contributed by atoms with van der Waals surface area (Å²) in [5.41, 5.74) is 2.39. The van der Waals surface area contributed by atoms with E-state index in [1.165, 1.54) is 18.5 Å². The van der Waals surface area contributed by atoms with Crippen LogP contribution in [0.2, 0.25) is 0 Å². The number of hydrogen-bond donors (Lipinski definition) is 0. The highest BCUT2D eigenvalue weighted by Crippen LogP contribution is 2.28.